The molecule has 1 aromatic heterocycles. The van der Waals surface area contributed by atoms with Crippen molar-refractivity contribution in [2.75, 3.05) is 6.54 Å². The first-order valence-electron chi connectivity index (χ1n) is 11.2. The van der Waals surface area contributed by atoms with Crippen molar-refractivity contribution in [1.82, 2.24) is 10.3 Å². The van der Waals surface area contributed by atoms with Gasteiger partial charge in [0.15, 0.2) is 0 Å². The number of benzene rings is 2. The first-order chi connectivity index (χ1) is 15.4. The maximum atomic E-state index is 12.7. The molecule has 0 aliphatic rings. The molecule has 2 aromatic carbocycles. The Morgan fingerprint density at radius 1 is 1.09 bits per heavy atom. The molecule has 3 rings (SSSR count). The number of aromatic hydroxyl groups is 1. The van der Waals surface area contributed by atoms with Crippen LogP contribution in [0.1, 0.15) is 63.8 Å². The highest BCUT2D eigenvalue weighted by molar-refractivity contribution is 6.01. The lowest BCUT2D eigenvalue weighted by Crippen LogP contribution is -2.26. The predicted octanol–water partition coefficient (Wildman–Crippen LogP) is 5.73. The topological polar surface area (TPSA) is 88.9 Å². The Morgan fingerprint density at radius 3 is 2.27 bits per heavy atom. The van der Waals surface area contributed by atoms with Crippen molar-refractivity contribution in [3.63, 3.8) is 0 Å². The fourth-order valence-electron chi connectivity index (χ4n) is 3.94. The van der Waals surface area contributed by atoms with Crippen molar-refractivity contribution < 1.29 is 9.90 Å². The molecule has 0 bridgehead atoms. The average Bonchev–Trinajstić information content (AvgIpc) is 3.14. The third-order valence-corrected chi connectivity index (χ3v) is 5.78. The number of amides is 1. The molecule has 3 aromatic rings. The molecule has 0 radical (unpaired) electrons. The zero-order chi connectivity index (χ0) is 24.4. The largest absolute Gasteiger partial charge is 0.507 e. The average molecular weight is 444 g/mol. The van der Waals surface area contributed by atoms with E-state index in [9.17, 15) is 15.2 Å². The summed E-state index contributed by atoms with van der Waals surface area (Å²) >= 11 is 0. The van der Waals surface area contributed by atoms with Crippen molar-refractivity contribution in [1.29, 1.82) is 5.26 Å². The van der Waals surface area contributed by atoms with Crippen LogP contribution in [0.2, 0.25) is 0 Å². The molecule has 0 fully saturated rings. The number of hydrogen-bond acceptors (Lipinski definition) is 3. The maximum Gasteiger partial charge on any atom is 0.261 e. The van der Waals surface area contributed by atoms with Crippen LogP contribution in [0.3, 0.4) is 0 Å². The summed E-state index contributed by atoms with van der Waals surface area (Å²) in [6, 6.07) is 13.8. The van der Waals surface area contributed by atoms with Gasteiger partial charge in [-0.25, -0.2) is 0 Å². The number of rotatable bonds is 5. The van der Waals surface area contributed by atoms with E-state index in [0.717, 1.165) is 33.2 Å². The number of nitrogens with one attached hydrogen (secondary N) is 2. The molecule has 3 N–H and O–H groups in total. The van der Waals surface area contributed by atoms with Gasteiger partial charge in [-0.2, -0.15) is 5.26 Å². The molecule has 0 atom stereocenters. The number of aromatic amines is 1. The predicted molar refractivity (Wildman–Crippen MR) is 134 cm³/mol. The van der Waals surface area contributed by atoms with E-state index >= 15 is 0 Å². The van der Waals surface area contributed by atoms with E-state index in [1.165, 1.54) is 0 Å². The number of carbonyl (C=O) groups excluding carboxylic acids is 1. The normalized spacial score (nSPS) is 12.6. The Morgan fingerprint density at radius 2 is 1.70 bits per heavy atom. The van der Waals surface area contributed by atoms with Crippen LogP contribution in [0.5, 0.6) is 5.75 Å². The summed E-state index contributed by atoms with van der Waals surface area (Å²) in [5.41, 5.74) is 3.95. The second-order valence-corrected chi connectivity index (χ2v) is 10.5. The quantitative estimate of drug-likeness (QED) is 0.347. The van der Waals surface area contributed by atoms with Gasteiger partial charge in [-0.15, -0.1) is 0 Å². The molecule has 1 heterocycles. The lowest BCUT2D eigenvalue weighted by molar-refractivity contribution is -0.117. The van der Waals surface area contributed by atoms with E-state index in [1.807, 2.05) is 90.2 Å². The fourth-order valence-corrected chi connectivity index (χ4v) is 3.94. The smallest absolute Gasteiger partial charge is 0.261 e. The summed E-state index contributed by atoms with van der Waals surface area (Å²) in [6.45, 7) is 12.6. The molecule has 0 aliphatic heterocycles. The molecule has 0 unspecified atom stereocenters. The number of hydrogen-bond donors (Lipinski definition) is 3. The summed E-state index contributed by atoms with van der Waals surface area (Å²) in [5.74, 6) is -0.131. The van der Waals surface area contributed by atoms with Gasteiger partial charge in [0.05, 0.1) is 0 Å². The highest BCUT2D eigenvalue weighted by atomic mass is 16.3. The van der Waals surface area contributed by atoms with E-state index in [2.05, 4.69) is 10.3 Å². The molecular formula is C28H33N3O2. The van der Waals surface area contributed by atoms with Crippen LogP contribution in [0.15, 0.2) is 48.2 Å². The highest BCUT2D eigenvalue weighted by Crippen LogP contribution is 2.40. The van der Waals surface area contributed by atoms with Crippen LogP contribution in [-0.4, -0.2) is 22.5 Å². The molecule has 33 heavy (non-hydrogen) atoms. The third-order valence-electron chi connectivity index (χ3n) is 5.78. The summed E-state index contributed by atoms with van der Waals surface area (Å²) in [6.07, 6.45) is 4.22. The van der Waals surface area contributed by atoms with Crippen molar-refractivity contribution in [3.8, 4) is 11.8 Å². The highest BCUT2D eigenvalue weighted by Gasteiger charge is 2.26. The number of phenolic OH excluding ortho intramolecular Hbond substituents is 1. The van der Waals surface area contributed by atoms with Gasteiger partial charge >= 0.3 is 0 Å². The minimum absolute atomic E-state index is 0.0411. The lowest BCUT2D eigenvalue weighted by Gasteiger charge is -2.28. The number of fused-ring (bicyclic) bond motifs is 1. The summed E-state index contributed by atoms with van der Waals surface area (Å²) < 4.78 is 0. The number of nitrogens with zero attached hydrogens (tertiary/aromatic N) is 1. The van der Waals surface area contributed by atoms with E-state index < -0.39 is 5.91 Å². The standard InChI is InChI=1S/C28H33N3O2/c1-27(2,3)22-14-18(15-23(25(22)32)28(4,5)6)13-20(16-29)26(33)30-12-11-19-17-31-24-10-8-7-9-21(19)24/h7-10,13-15,17,31-32H,11-12H2,1-6H3,(H,30,33)/b20-13-. The Labute approximate surface area is 196 Å². The first-order valence-corrected chi connectivity index (χ1v) is 11.2. The third kappa shape index (κ3) is 5.46. The Kier molecular flexibility index (Phi) is 6.69. The van der Waals surface area contributed by atoms with Gasteiger partial charge in [0.1, 0.15) is 17.4 Å². The number of H-pyrrole nitrogens is 1. The van der Waals surface area contributed by atoms with E-state index in [4.69, 9.17) is 0 Å². The zero-order valence-electron chi connectivity index (χ0n) is 20.3. The van der Waals surface area contributed by atoms with Crippen molar-refractivity contribution in [3.05, 3.63) is 70.4 Å². The molecular weight excluding hydrogens is 410 g/mol. The van der Waals surface area contributed by atoms with Gasteiger partial charge in [0.2, 0.25) is 0 Å². The van der Waals surface area contributed by atoms with Gasteiger partial charge in [-0.3, -0.25) is 4.79 Å². The molecule has 0 spiro atoms. The van der Waals surface area contributed by atoms with E-state index in [-0.39, 0.29) is 22.2 Å². The first kappa shape index (κ1) is 24.1. The number of aromatic nitrogens is 1. The van der Waals surface area contributed by atoms with Gasteiger partial charge < -0.3 is 15.4 Å². The van der Waals surface area contributed by atoms with Gasteiger partial charge in [-0.1, -0.05) is 59.7 Å². The minimum Gasteiger partial charge on any atom is -0.507 e. The molecule has 0 aliphatic carbocycles. The molecule has 5 heteroatoms. The van der Waals surface area contributed by atoms with Gasteiger partial charge in [0.25, 0.3) is 5.91 Å². The second-order valence-electron chi connectivity index (χ2n) is 10.5. The molecule has 0 saturated carbocycles. The Bertz CT molecular complexity index is 1210. The van der Waals surface area contributed by atoms with Crippen molar-refractivity contribution in [2.24, 2.45) is 0 Å². The van der Waals surface area contributed by atoms with Crippen LogP contribution in [0.4, 0.5) is 0 Å². The lowest BCUT2D eigenvalue weighted by atomic mass is 9.78. The second kappa shape index (κ2) is 9.15. The van der Waals surface area contributed by atoms with Crippen LogP contribution >= 0.6 is 0 Å². The molecule has 1 amide bonds. The monoisotopic (exact) mass is 443 g/mol. The Hall–Kier alpha value is -3.52. The van der Waals surface area contributed by atoms with Crippen molar-refractivity contribution >= 4 is 22.9 Å². The molecule has 172 valence electrons. The van der Waals surface area contributed by atoms with E-state index in [1.54, 1.807) is 6.08 Å². The zero-order valence-corrected chi connectivity index (χ0v) is 20.3. The Balaban J connectivity index is 1.83. The summed E-state index contributed by atoms with van der Waals surface area (Å²) in [4.78, 5) is 16.0. The fraction of sp³-hybridized carbons (Fsp3) is 0.357. The van der Waals surface area contributed by atoms with Crippen LogP contribution in [0.25, 0.3) is 17.0 Å². The molecule has 0 saturated heterocycles. The van der Waals surface area contributed by atoms with Crippen LogP contribution in [-0.2, 0) is 22.0 Å². The van der Waals surface area contributed by atoms with Gasteiger partial charge in [0, 0.05) is 34.8 Å². The number of nitriles is 1. The summed E-state index contributed by atoms with van der Waals surface area (Å²) in [5, 5.41) is 24.6. The summed E-state index contributed by atoms with van der Waals surface area (Å²) in [7, 11) is 0. The maximum absolute atomic E-state index is 12.7. The number of carbonyl (C=O) groups is 1. The molecule has 5 nitrogen and oxygen atoms in total. The van der Waals surface area contributed by atoms with Crippen molar-refractivity contribution in [2.45, 2.75) is 58.8 Å². The van der Waals surface area contributed by atoms with Gasteiger partial charge in [-0.05, 0) is 52.7 Å². The number of phenols is 1. The SMILES string of the molecule is CC(C)(C)c1cc(/C=C(/C#N)C(=O)NCCc2c[nH]c3ccccc23)cc(C(C)(C)C)c1O. The van der Waals surface area contributed by atoms with Crippen LogP contribution in [0, 0.1) is 11.3 Å². The minimum atomic E-state index is -0.403. The number of para-hydroxylation sites is 1. The van der Waals surface area contributed by atoms with Crippen LogP contribution < -0.4 is 5.32 Å². The van der Waals surface area contributed by atoms with E-state index in [0.29, 0.717) is 13.0 Å².